The van der Waals surface area contributed by atoms with Crippen LogP contribution in [0.5, 0.6) is 0 Å². The zero-order valence-electron chi connectivity index (χ0n) is 11.6. The molecule has 5 unspecified atom stereocenters. The standard InChI is InChI=1S/C17H21BrFN/c18-15-6-10(4-5-16(15)19)8-17(20)9-11-7-14(17)13-3-1-2-12(11)13/h4-6,11-14H,1-3,7-9,20H2. The zero-order valence-corrected chi connectivity index (χ0v) is 13.2. The third kappa shape index (κ3) is 1.89. The van der Waals surface area contributed by atoms with E-state index in [4.69, 9.17) is 5.73 Å². The molecule has 108 valence electrons. The van der Waals surface area contributed by atoms with Gasteiger partial charge in [-0.05, 0) is 89.4 Å². The molecule has 0 saturated heterocycles. The van der Waals surface area contributed by atoms with Gasteiger partial charge >= 0.3 is 0 Å². The summed E-state index contributed by atoms with van der Waals surface area (Å²) in [6.07, 6.45) is 7.64. The minimum absolute atomic E-state index is 0.0482. The molecular formula is C17H21BrFN. The first-order valence-electron chi connectivity index (χ1n) is 7.80. The van der Waals surface area contributed by atoms with Crippen molar-refractivity contribution < 1.29 is 4.39 Å². The highest BCUT2D eigenvalue weighted by Gasteiger charge is 2.58. The van der Waals surface area contributed by atoms with E-state index in [9.17, 15) is 4.39 Å². The summed E-state index contributed by atoms with van der Waals surface area (Å²) in [5, 5.41) is 0. The molecular weight excluding hydrogens is 317 g/mol. The second-order valence-electron chi connectivity index (χ2n) is 7.22. The maximum absolute atomic E-state index is 13.4. The predicted octanol–water partition coefficient (Wildman–Crippen LogP) is 4.28. The van der Waals surface area contributed by atoms with Crippen LogP contribution < -0.4 is 5.73 Å². The van der Waals surface area contributed by atoms with Crippen molar-refractivity contribution >= 4 is 15.9 Å². The van der Waals surface area contributed by atoms with Crippen molar-refractivity contribution in [3.05, 3.63) is 34.1 Å². The first-order chi connectivity index (χ1) is 9.57. The Morgan fingerprint density at radius 1 is 1.30 bits per heavy atom. The van der Waals surface area contributed by atoms with Gasteiger partial charge in [-0.1, -0.05) is 12.5 Å². The monoisotopic (exact) mass is 337 g/mol. The molecule has 4 rings (SSSR count). The number of benzene rings is 1. The Morgan fingerprint density at radius 3 is 2.90 bits per heavy atom. The fourth-order valence-electron chi connectivity index (χ4n) is 5.55. The van der Waals surface area contributed by atoms with Crippen LogP contribution in [0.3, 0.4) is 0 Å². The van der Waals surface area contributed by atoms with Gasteiger partial charge in [0.05, 0.1) is 4.47 Å². The van der Waals surface area contributed by atoms with Crippen molar-refractivity contribution in [1.82, 2.24) is 0 Å². The van der Waals surface area contributed by atoms with Crippen LogP contribution in [0.15, 0.2) is 22.7 Å². The van der Waals surface area contributed by atoms with Crippen molar-refractivity contribution in [3.63, 3.8) is 0 Å². The minimum Gasteiger partial charge on any atom is -0.325 e. The second kappa shape index (κ2) is 4.54. The molecule has 3 aliphatic carbocycles. The molecule has 3 heteroatoms. The van der Waals surface area contributed by atoms with Crippen molar-refractivity contribution in [2.24, 2.45) is 29.4 Å². The van der Waals surface area contributed by atoms with E-state index in [0.29, 0.717) is 10.4 Å². The Labute approximate surface area is 128 Å². The van der Waals surface area contributed by atoms with Crippen molar-refractivity contribution in [2.45, 2.75) is 44.1 Å². The summed E-state index contributed by atoms with van der Waals surface area (Å²) in [6, 6.07) is 5.35. The number of hydrogen-bond acceptors (Lipinski definition) is 1. The summed E-state index contributed by atoms with van der Waals surface area (Å²) in [7, 11) is 0. The topological polar surface area (TPSA) is 26.0 Å². The van der Waals surface area contributed by atoms with E-state index in [1.165, 1.54) is 37.7 Å². The summed E-state index contributed by atoms with van der Waals surface area (Å²) in [5.41, 5.74) is 7.93. The zero-order chi connectivity index (χ0) is 13.9. The Morgan fingerprint density at radius 2 is 2.10 bits per heavy atom. The van der Waals surface area contributed by atoms with E-state index in [2.05, 4.69) is 15.9 Å². The lowest BCUT2D eigenvalue weighted by atomic mass is 9.69. The van der Waals surface area contributed by atoms with Gasteiger partial charge in [0, 0.05) is 5.54 Å². The van der Waals surface area contributed by atoms with E-state index >= 15 is 0 Å². The van der Waals surface area contributed by atoms with Crippen LogP contribution in [-0.4, -0.2) is 5.54 Å². The minimum atomic E-state index is -0.191. The van der Waals surface area contributed by atoms with E-state index in [1.54, 1.807) is 6.07 Å². The lowest BCUT2D eigenvalue weighted by Gasteiger charge is -2.40. The highest BCUT2D eigenvalue weighted by Crippen LogP contribution is 2.62. The van der Waals surface area contributed by atoms with Gasteiger partial charge in [0.2, 0.25) is 0 Å². The maximum Gasteiger partial charge on any atom is 0.137 e. The molecule has 0 heterocycles. The van der Waals surface area contributed by atoms with Gasteiger partial charge in [0.15, 0.2) is 0 Å². The van der Waals surface area contributed by atoms with Crippen molar-refractivity contribution in [2.75, 3.05) is 0 Å². The van der Waals surface area contributed by atoms with E-state index in [-0.39, 0.29) is 11.4 Å². The lowest BCUT2D eigenvalue weighted by Crippen LogP contribution is -2.50. The van der Waals surface area contributed by atoms with Gasteiger partial charge in [-0.2, -0.15) is 0 Å². The average molecular weight is 338 g/mol. The normalized spacial score (nSPS) is 42.1. The van der Waals surface area contributed by atoms with Crippen molar-refractivity contribution in [1.29, 1.82) is 0 Å². The molecule has 2 N–H and O–H groups in total. The van der Waals surface area contributed by atoms with Crippen LogP contribution in [0, 0.1) is 29.5 Å². The molecule has 0 aromatic heterocycles. The third-order valence-corrected chi connectivity index (χ3v) is 6.81. The Kier molecular flexibility index (Phi) is 3.01. The molecule has 3 aliphatic rings. The van der Waals surface area contributed by atoms with E-state index in [0.717, 1.165) is 24.2 Å². The van der Waals surface area contributed by atoms with Gasteiger partial charge in [-0.3, -0.25) is 0 Å². The smallest absolute Gasteiger partial charge is 0.137 e. The largest absolute Gasteiger partial charge is 0.325 e. The van der Waals surface area contributed by atoms with Crippen LogP contribution in [0.4, 0.5) is 4.39 Å². The molecule has 1 aromatic rings. The molecule has 3 saturated carbocycles. The molecule has 1 aromatic carbocycles. The molecule has 0 amide bonds. The van der Waals surface area contributed by atoms with Gasteiger partial charge in [-0.15, -0.1) is 0 Å². The van der Waals surface area contributed by atoms with Gasteiger partial charge in [0.1, 0.15) is 5.82 Å². The Hall–Kier alpha value is -0.410. The fourth-order valence-corrected chi connectivity index (χ4v) is 5.97. The first-order valence-corrected chi connectivity index (χ1v) is 8.59. The van der Waals surface area contributed by atoms with E-state index < -0.39 is 0 Å². The Balaban J connectivity index is 1.58. The summed E-state index contributed by atoms with van der Waals surface area (Å²) in [4.78, 5) is 0. The number of hydrogen-bond donors (Lipinski definition) is 1. The van der Waals surface area contributed by atoms with Gasteiger partial charge in [0.25, 0.3) is 0 Å². The van der Waals surface area contributed by atoms with Gasteiger partial charge < -0.3 is 5.73 Å². The lowest BCUT2D eigenvalue weighted by molar-refractivity contribution is 0.156. The van der Waals surface area contributed by atoms with Crippen LogP contribution in [0.2, 0.25) is 0 Å². The Bertz CT molecular complexity index is 546. The number of halogens is 2. The summed E-state index contributed by atoms with van der Waals surface area (Å²) < 4.78 is 13.9. The summed E-state index contributed by atoms with van der Waals surface area (Å²) in [6.45, 7) is 0. The molecule has 0 radical (unpaired) electrons. The molecule has 5 atom stereocenters. The van der Waals surface area contributed by atoms with Crippen LogP contribution >= 0.6 is 15.9 Å². The second-order valence-corrected chi connectivity index (χ2v) is 8.08. The molecule has 0 aliphatic heterocycles. The fraction of sp³-hybridized carbons (Fsp3) is 0.647. The highest BCUT2D eigenvalue weighted by atomic mass is 79.9. The van der Waals surface area contributed by atoms with Crippen LogP contribution in [0.1, 0.15) is 37.7 Å². The number of rotatable bonds is 2. The third-order valence-electron chi connectivity index (χ3n) is 6.20. The van der Waals surface area contributed by atoms with E-state index in [1.807, 2.05) is 12.1 Å². The SMILES string of the molecule is NC1(Cc2ccc(F)c(Br)c2)CC2CC1C1CCCC21. The first kappa shape index (κ1) is 13.3. The predicted molar refractivity (Wildman–Crippen MR) is 81.8 cm³/mol. The molecule has 3 fully saturated rings. The molecule has 20 heavy (non-hydrogen) atoms. The van der Waals surface area contributed by atoms with Crippen LogP contribution in [-0.2, 0) is 6.42 Å². The number of fused-ring (bicyclic) bond motifs is 5. The quantitative estimate of drug-likeness (QED) is 0.856. The van der Waals surface area contributed by atoms with Crippen LogP contribution in [0.25, 0.3) is 0 Å². The molecule has 1 nitrogen and oxygen atoms in total. The molecule has 0 spiro atoms. The maximum atomic E-state index is 13.4. The average Bonchev–Trinajstić information content (AvgIpc) is 3.04. The summed E-state index contributed by atoms with van der Waals surface area (Å²) >= 11 is 3.28. The molecule has 2 bridgehead atoms. The number of nitrogens with two attached hydrogens (primary N) is 1. The summed E-state index contributed by atoms with van der Waals surface area (Å²) in [5.74, 6) is 3.22. The van der Waals surface area contributed by atoms with Crippen molar-refractivity contribution in [3.8, 4) is 0 Å². The van der Waals surface area contributed by atoms with Gasteiger partial charge in [-0.25, -0.2) is 4.39 Å². The highest BCUT2D eigenvalue weighted by molar-refractivity contribution is 9.10.